The quantitative estimate of drug-likeness (QED) is 0.602. The predicted octanol–water partition coefficient (Wildman–Crippen LogP) is 4.48. The van der Waals surface area contributed by atoms with Crippen molar-refractivity contribution in [2.45, 2.75) is 20.8 Å². The lowest BCUT2D eigenvalue weighted by atomic mass is 10.1. The molecule has 2 heterocycles. The molecule has 0 fully saturated rings. The smallest absolute Gasteiger partial charge is 0.168 e. The van der Waals surface area contributed by atoms with Gasteiger partial charge in [0.2, 0.25) is 0 Å². The summed E-state index contributed by atoms with van der Waals surface area (Å²) in [5.74, 6) is 0.762. The van der Waals surface area contributed by atoms with E-state index in [9.17, 15) is 0 Å². The minimum absolute atomic E-state index is 0.762. The molecule has 25 heavy (non-hydrogen) atoms. The van der Waals surface area contributed by atoms with Crippen LogP contribution in [0.3, 0.4) is 0 Å². The molecule has 0 aliphatic rings. The van der Waals surface area contributed by atoms with Crippen LogP contribution in [0.1, 0.15) is 16.7 Å². The van der Waals surface area contributed by atoms with Gasteiger partial charge in [0, 0.05) is 5.69 Å². The maximum Gasteiger partial charge on any atom is 0.168 e. The number of aryl methyl sites for hydroxylation is 3. The summed E-state index contributed by atoms with van der Waals surface area (Å²) in [5.41, 5.74) is 6.38. The first-order chi connectivity index (χ1) is 12.1. The van der Waals surface area contributed by atoms with Crippen LogP contribution >= 0.6 is 0 Å². The zero-order valence-electron chi connectivity index (χ0n) is 14.5. The van der Waals surface area contributed by atoms with Crippen LogP contribution in [-0.4, -0.2) is 19.7 Å². The first-order valence-electron chi connectivity index (χ1n) is 8.22. The van der Waals surface area contributed by atoms with E-state index in [1.807, 2.05) is 23.0 Å². The van der Waals surface area contributed by atoms with Crippen LogP contribution in [0.25, 0.3) is 16.7 Å². The SMILES string of the molecule is Cc1cccc(-n2ncc3c(Nc4cc(C)ccc4C)ncnc32)c1. The highest BCUT2D eigenvalue weighted by Crippen LogP contribution is 2.26. The van der Waals surface area contributed by atoms with E-state index in [2.05, 4.69) is 71.5 Å². The highest BCUT2D eigenvalue weighted by atomic mass is 15.3. The summed E-state index contributed by atoms with van der Waals surface area (Å²) in [6.45, 7) is 6.23. The van der Waals surface area contributed by atoms with Gasteiger partial charge < -0.3 is 5.32 Å². The molecule has 0 aliphatic heterocycles. The van der Waals surface area contributed by atoms with Crippen molar-refractivity contribution in [2.24, 2.45) is 0 Å². The minimum Gasteiger partial charge on any atom is -0.339 e. The third-order valence-electron chi connectivity index (χ3n) is 4.26. The van der Waals surface area contributed by atoms with Crippen molar-refractivity contribution in [3.63, 3.8) is 0 Å². The zero-order valence-corrected chi connectivity index (χ0v) is 14.5. The first kappa shape index (κ1) is 15.3. The Hall–Kier alpha value is -3.21. The number of hydrogen-bond donors (Lipinski definition) is 1. The normalized spacial score (nSPS) is 11.0. The van der Waals surface area contributed by atoms with Gasteiger partial charge >= 0.3 is 0 Å². The lowest BCUT2D eigenvalue weighted by Gasteiger charge is -2.10. The van der Waals surface area contributed by atoms with Crippen LogP contribution < -0.4 is 5.32 Å². The first-order valence-corrected chi connectivity index (χ1v) is 8.22. The topological polar surface area (TPSA) is 55.6 Å². The number of hydrogen-bond acceptors (Lipinski definition) is 4. The summed E-state index contributed by atoms with van der Waals surface area (Å²) >= 11 is 0. The van der Waals surface area contributed by atoms with Crippen molar-refractivity contribution in [1.82, 2.24) is 19.7 Å². The Bertz CT molecular complexity index is 1060. The molecule has 0 unspecified atom stereocenters. The van der Waals surface area contributed by atoms with E-state index in [0.29, 0.717) is 0 Å². The summed E-state index contributed by atoms with van der Waals surface area (Å²) in [6.07, 6.45) is 3.38. The van der Waals surface area contributed by atoms with E-state index in [1.165, 1.54) is 16.7 Å². The molecule has 5 heteroatoms. The van der Waals surface area contributed by atoms with Gasteiger partial charge in [0.25, 0.3) is 0 Å². The zero-order chi connectivity index (χ0) is 17.4. The number of fused-ring (bicyclic) bond motifs is 1. The van der Waals surface area contributed by atoms with Gasteiger partial charge in [-0.25, -0.2) is 14.6 Å². The van der Waals surface area contributed by atoms with E-state index in [4.69, 9.17) is 0 Å². The van der Waals surface area contributed by atoms with Crippen molar-refractivity contribution in [2.75, 3.05) is 5.32 Å². The Kier molecular flexibility index (Phi) is 3.69. The maximum absolute atomic E-state index is 4.52. The average Bonchev–Trinajstić information content (AvgIpc) is 3.03. The number of rotatable bonds is 3. The Morgan fingerprint density at radius 3 is 2.60 bits per heavy atom. The molecule has 0 saturated carbocycles. The Balaban J connectivity index is 1.80. The van der Waals surface area contributed by atoms with Crippen molar-refractivity contribution in [1.29, 1.82) is 0 Å². The fraction of sp³-hybridized carbons (Fsp3) is 0.150. The molecule has 0 amide bonds. The molecule has 0 radical (unpaired) electrons. The van der Waals surface area contributed by atoms with Gasteiger partial charge in [-0.05, 0) is 55.7 Å². The van der Waals surface area contributed by atoms with E-state index < -0.39 is 0 Å². The van der Waals surface area contributed by atoms with Crippen molar-refractivity contribution in [3.8, 4) is 5.69 Å². The number of anilines is 2. The van der Waals surface area contributed by atoms with Crippen LogP contribution in [-0.2, 0) is 0 Å². The number of nitrogens with one attached hydrogen (secondary N) is 1. The van der Waals surface area contributed by atoms with Gasteiger partial charge in [-0.15, -0.1) is 0 Å². The minimum atomic E-state index is 0.762. The average molecular weight is 329 g/mol. The molecule has 0 bridgehead atoms. The second-order valence-corrected chi connectivity index (χ2v) is 6.30. The molecule has 4 aromatic rings. The molecular formula is C20H19N5. The molecule has 4 rings (SSSR count). The standard InChI is InChI=1S/C20H19N5/c1-13-5-4-6-16(9-13)25-20-17(11-23-25)19(21-12-22-20)24-18-10-14(2)7-8-15(18)3/h4-12H,1-3H3,(H,21,22,24). The van der Waals surface area contributed by atoms with Gasteiger partial charge in [-0.1, -0.05) is 24.3 Å². The van der Waals surface area contributed by atoms with Gasteiger partial charge in [0.05, 0.1) is 17.3 Å². The Labute approximate surface area is 146 Å². The van der Waals surface area contributed by atoms with Gasteiger partial charge in [0.15, 0.2) is 5.65 Å². The number of benzene rings is 2. The fourth-order valence-corrected chi connectivity index (χ4v) is 2.89. The summed E-state index contributed by atoms with van der Waals surface area (Å²) < 4.78 is 1.85. The predicted molar refractivity (Wildman–Crippen MR) is 101 cm³/mol. The highest BCUT2D eigenvalue weighted by molar-refractivity contribution is 5.89. The third kappa shape index (κ3) is 2.85. The molecule has 124 valence electrons. The van der Waals surface area contributed by atoms with Gasteiger partial charge in [-0.2, -0.15) is 5.10 Å². The summed E-state index contributed by atoms with van der Waals surface area (Å²) in [6, 6.07) is 14.5. The lowest BCUT2D eigenvalue weighted by molar-refractivity contribution is 0.894. The van der Waals surface area contributed by atoms with E-state index >= 15 is 0 Å². The molecule has 2 aromatic carbocycles. The molecule has 0 spiro atoms. The second kappa shape index (κ2) is 6.02. The Morgan fingerprint density at radius 2 is 1.76 bits per heavy atom. The van der Waals surface area contributed by atoms with Gasteiger partial charge in [0.1, 0.15) is 12.1 Å². The largest absolute Gasteiger partial charge is 0.339 e. The summed E-state index contributed by atoms with van der Waals surface area (Å²) in [4.78, 5) is 8.86. The second-order valence-electron chi connectivity index (χ2n) is 6.30. The molecule has 2 aromatic heterocycles. The summed E-state index contributed by atoms with van der Waals surface area (Å²) in [5, 5.41) is 8.84. The molecular weight excluding hydrogens is 310 g/mol. The maximum atomic E-state index is 4.52. The molecule has 0 saturated heterocycles. The van der Waals surface area contributed by atoms with Crippen LogP contribution in [0.5, 0.6) is 0 Å². The van der Waals surface area contributed by atoms with E-state index in [-0.39, 0.29) is 0 Å². The van der Waals surface area contributed by atoms with Crippen LogP contribution in [0.2, 0.25) is 0 Å². The fourth-order valence-electron chi connectivity index (χ4n) is 2.89. The van der Waals surface area contributed by atoms with Crippen LogP contribution in [0, 0.1) is 20.8 Å². The van der Waals surface area contributed by atoms with E-state index in [0.717, 1.165) is 28.2 Å². The van der Waals surface area contributed by atoms with E-state index in [1.54, 1.807) is 6.33 Å². The third-order valence-corrected chi connectivity index (χ3v) is 4.26. The van der Waals surface area contributed by atoms with Crippen molar-refractivity contribution < 1.29 is 0 Å². The molecule has 5 nitrogen and oxygen atoms in total. The summed E-state index contributed by atoms with van der Waals surface area (Å²) in [7, 11) is 0. The Morgan fingerprint density at radius 1 is 0.920 bits per heavy atom. The molecule has 0 atom stereocenters. The monoisotopic (exact) mass is 329 g/mol. The van der Waals surface area contributed by atoms with Crippen LogP contribution in [0.15, 0.2) is 55.0 Å². The van der Waals surface area contributed by atoms with Crippen molar-refractivity contribution >= 4 is 22.5 Å². The highest BCUT2D eigenvalue weighted by Gasteiger charge is 2.12. The van der Waals surface area contributed by atoms with Crippen LogP contribution in [0.4, 0.5) is 11.5 Å². The number of nitrogens with zero attached hydrogens (tertiary/aromatic N) is 4. The molecule has 0 aliphatic carbocycles. The van der Waals surface area contributed by atoms with Crippen molar-refractivity contribution in [3.05, 3.63) is 71.7 Å². The molecule has 1 N–H and O–H groups in total. The number of aromatic nitrogens is 4. The lowest BCUT2D eigenvalue weighted by Crippen LogP contribution is -2.00. The van der Waals surface area contributed by atoms with Gasteiger partial charge in [-0.3, -0.25) is 0 Å².